The predicted octanol–water partition coefficient (Wildman–Crippen LogP) is 5.30. The molecule has 0 N–H and O–H groups in total. The lowest BCUT2D eigenvalue weighted by Gasteiger charge is -2.10. The fraction of sp³-hybridized carbons (Fsp3) is 0.294. The van der Waals surface area contributed by atoms with Gasteiger partial charge in [-0.2, -0.15) is 0 Å². The first-order valence-corrected chi connectivity index (χ1v) is 6.53. The zero-order valence-corrected chi connectivity index (χ0v) is 11.3. The second-order valence-corrected chi connectivity index (χ2v) is 4.79. The van der Waals surface area contributed by atoms with Gasteiger partial charge in [-0.1, -0.05) is 43.7 Å². The third-order valence-electron chi connectivity index (χ3n) is 3.32. The van der Waals surface area contributed by atoms with Crippen molar-refractivity contribution in [2.45, 2.75) is 33.1 Å². The summed E-state index contributed by atoms with van der Waals surface area (Å²) < 4.78 is 5.80. The maximum absolute atomic E-state index is 5.80. The molecule has 0 fully saturated rings. The number of aryl methyl sites for hydroxylation is 1. The van der Waals surface area contributed by atoms with Crippen molar-refractivity contribution >= 4 is 0 Å². The van der Waals surface area contributed by atoms with Crippen LogP contribution in [0.4, 0.5) is 0 Å². The van der Waals surface area contributed by atoms with Crippen molar-refractivity contribution < 1.29 is 4.74 Å². The molecule has 0 aliphatic carbocycles. The molecular weight excluding hydrogens is 220 g/mol. The van der Waals surface area contributed by atoms with E-state index < -0.39 is 0 Å². The van der Waals surface area contributed by atoms with Crippen molar-refractivity contribution in [2.75, 3.05) is 0 Å². The van der Waals surface area contributed by atoms with Gasteiger partial charge in [-0.15, -0.1) is 0 Å². The van der Waals surface area contributed by atoms with Gasteiger partial charge in [0.25, 0.3) is 0 Å². The van der Waals surface area contributed by atoms with E-state index in [1.807, 2.05) is 24.3 Å². The topological polar surface area (TPSA) is 9.23 Å². The van der Waals surface area contributed by atoms with E-state index in [2.05, 4.69) is 45.0 Å². The second-order valence-electron chi connectivity index (χ2n) is 4.79. The summed E-state index contributed by atoms with van der Waals surface area (Å²) in [6.07, 6.45) is 1.16. The first-order chi connectivity index (χ1) is 8.69. The zero-order chi connectivity index (χ0) is 13.0. The number of rotatable bonds is 4. The van der Waals surface area contributed by atoms with E-state index in [0.29, 0.717) is 5.92 Å². The largest absolute Gasteiger partial charge is 0.457 e. The van der Waals surface area contributed by atoms with Crippen LogP contribution in [0.2, 0.25) is 0 Å². The molecule has 1 nitrogen and oxygen atoms in total. The lowest BCUT2D eigenvalue weighted by atomic mass is 9.99. The Morgan fingerprint density at radius 2 is 1.39 bits per heavy atom. The molecule has 94 valence electrons. The SMILES string of the molecule is CCC(C)c1ccc(Oc2ccc(C)cc2)cc1. The summed E-state index contributed by atoms with van der Waals surface area (Å²) in [6.45, 7) is 6.53. The molecule has 0 bridgehead atoms. The fourth-order valence-corrected chi connectivity index (χ4v) is 1.84. The summed E-state index contributed by atoms with van der Waals surface area (Å²) in [7, 11) is 0. The predicted molar refractivity (Wildman–Crippen MR) is 76.4 cm³/mol. The van der Waals surface area contributed by atoms with Crippen LogP contribution in [-0.4, -0.2) is 0 Å². The number of benzene rings is 2. The third kappa shape index (κ3) is 3.13. The van der Waals surface area contributed by atoms with E-state index in [9.17, 15) is 0 Å². The standard InChI is InChI=1S/C17H20O/c1-4-14(3)15-7-11-17(12-8-15)18-16-9-5-13(2)6-10-16/h5-12,14H,4H2,1-3H3. The molecule has 0 radical (unpaired) electrons. The Bertz CT molecular complexity index is 482. The van der Waals surface area contributed by atoms with Gasteiger partial charge in [-0.25, -0.2) is 0 Å². The summed E-state index contributed by atoms with van der Waals surface area (Å²) in [6, 6.07) is 16.5. The minimum atomic E-state index is 0.610. The Hall–Kier alpha value is -1.76. The van der Waals surface area contributed by atoms with Gasteiger partial charge in [0.2, 0.25) is 0 Å². The van der Waals surface area contributed by atoms with Crippen LogP contribution in [0.5, 0.6) is 11.5 Å². The van der Waals surface area contributed by atoms with Gasteiger partial charge in [-0.3, -0.25) is 0 Å². The van der Waals surface area contributed by atoms with E-state index in [1.54, 1.807) is 0 Å². The van der Waals surface area contributed by atoms with Gasteiger partial charge < -0.3 is 4.74 Å². The van der Waals surface area contributed by atoms with Crippen molar-refractivity contribution in [2.24, 2.45) is 0 Å². The van der Waals surface area contributed by atoms with Gasteiger partial charge in [0.15, 0.2) is 0 Å². The van der Waals surface area contributed by atoms with Crippen LogP contribution in [0.15, 0.2) is 48.5 Å². The molecular formula is C17H20O. The van der Waals surface area contributed by atoms with Gasteiger partial charge in [0.1, 0.15) is 11.5 Å². The fourth-order valence-electron chi connectivity index (χ4n) is 1.84. The van der Waals surface area contributed by atoms with Crippen molar-refractivity contribution in [3.05, 3.63) is 59.7 Å². The molecule has 0 saturated carbocycles. The molecule has 2 rings (SSSR count). The smallest absolute Gasteiger partial charge is 0.127 e. The molecule has 0 spiro atoms. The molecule has 0 aliphatic heterocycles. The molecule has 18 heavy (non-hydrogen) atoms. The zero-order valence-electron chi connectivity index (χ0n) is 11.3. The van der Waals surface area contributed by atoms with Gasteiger partial charge in [0, 0.05) is 0 Å². The van der Waals surface area contributed by atoms with E-state index in [0.717, 1.165) is 17.9 Å². The lowest BCUT2D eigenvalue weighted by molar-refractivity contribution is 0.482. The summed E-state index contributed by atoms with van der Waals surface area (Å²) in [5.41, 5.74) is 2.61. The van der Waals surface area contributed by atoms with Gasteiger partial charge in [0.05, 0.1) is 0 Å². The van der Waals surface area contributed by atoms with Gasteiger partial charge in [-0.05, 0) is 49.1 Å². The average molecular weight is 240 g/mol. The molecule has 1 heteroatoms. The number of ether oxygens (including phenoxy) is 1. The highest BCUT2D eigenvalue weighted by Gasteiger charge is 2.03. The molecule has 0 amide bonds. The minimum Gasteiger partial charge on any atom is -0.457 e. The molecule has 0 aromatic heterocycles. The third-order valence-corrected chi connectivity index (χ3v) is 3.32. The van der Waals surface area contributed by atoms with E-state index in [4.69, 9.17) is 4.74 Å². The van der Waals surface area contributed by atoms with E-state index >= 15 is 0 Å². The second kappa shape index (κ2) is 5.72. The quantitative estimate of drug-likeness (QED) is 0.704. The highest BCUT2D eigenvalue weighted by atomic mass is 16.5. The van der Waals surface area contributed by atoms with Crippen molar-refractivity contribution in [3.63, 3.8) is 0 Å². The van der Waals surface area contributed by atoms with Crippen LogP contribution in [0.1, 0.15) is 37.3 Å². The van der Waals surface area contributed by atoms with E-state index in [1.165, 1.54) is 11.1 Å². The van der Waals surface area contributed by atoms with E-state index in [-0.39, 0.29) is 0 Å². The summed E-state index contributed by atoms with van der Waals surface area (Å²) in [5.74, 6) is 2.39. The Kier molecular flexibility index (Phi) is 4.03. The Balaban J connectivity index is 2.08. The van der Waals surface area contributed by atoms with Crippen molar-refractivity contribution in [3.8, 4) is 11.5 Å². The highest BCUT2D eigenvalue weighted by molar-refractivity contribution is 5.35. The summed E-state index contributed by atoms with van der Waals surface area (Å²) in [4.78, 5) is 0. The summed E-state index contributed by atoms with van der Waals surface area (Å²) >= 11 is 0. The highest BCUT2D eigenvalue weighted by Crippen LogP contribution is 2.25. The van der Waals surface area contributed by atoms with Crippen LogP contribution in [0.25, 0.3) is 0 Å². The normalized spacial score (nSPS) is 12.2. The first-order valence-electron chi connectivity index (χ1n) is 6.53. The van der Waals surface area contributed by atoms with Crippen LogP contribution >= 0.6 is 0 Å². The Labute approximate surface area is 109 Å². The van der Waals surface area contributed by atoms with Crippen LogP contribution in [0, 0.1) is 6.92 Å². The molecule has 1 atom stereocenters. The van der Waals surface area contributed by atoms with Crippen molar-refractivity contribution in [1.82, 2.24) is 0 Å². The maximum atomic E-state index is 5.80. The molecule has 0 aliphatic rings. The molecule has 2 aromatic carbocycles. The van der Waals surface area contributed by atoms with Crippen LogP contribution in [0.3, 0.4) is 0 Å². The van der Waals surface area contributed by atoms with Crippen LogP contribution in [-0.2, 0) is 0 Å². The molecule has 2 aromatic rings. The Morgan fingerprint density at radius 3 is 1.89 bits per heavy atom. The minimum absolute atomic E-state index is 0.610. The molecule has 0 heterocycles. The average Bonchev–Trinajstić information content (AvgIpc) is 2.41. The first kappa shape index (κ1) is 12.7. The number of hydrogen-bond donors (Lipinski definition) is 0. The molecule has 1 unspecified atom stereocenters. The summed E-state index contributed by atoms with van der Waals surface area (Å²) in [5, 5.41) is 0. The van der Waals surface area contributed by atoms with Crippen molar-refractivity contribution in [1.29, 1.82) is 0 Å². The number of hydrogen-bond acceptors (Lipinski definition) is 1. The molecule has 0 saturated heterocycles. The van der Waals surface area contributed by atoms with Crippen LogP contribution < -0.4 is 4.74 Å². The Morgan fingerprint density at radius 1 is 0.889 bits per heavy atom. The lowest BCUT2D eigenvalue weighted by Crippen LogP contribution is -1.91. The monoisotopic (exact) mass is 240 g/mol. The van der Waals surface area contributed by atoms with Gasteiger partial charge >= 0.3 is 0 Å². The maximum Gasteiger partial charge on any atom is 0.127 e.